The molecule has 32 heavy (non-hydrogen) atoms. The first kappa shape index (κ1) is 19.9. The number of aliphatic hydroxyl groups excluding tert-OH is 1. The molecule has 1 aromatic heterocycles. The van der Waals surface area contributed by atoms with Crippen LogP contribution in [0.2, 0.25) is 0 Å². The fourth-order valence-electron chi connectivity index (χ4n) is 6.62. The molecular weight excluding hydrogens is 402 g/mol. The Hall–Kier alpha value is -2.79. The predicted molar refractivity (Wildman–Crippen MR) is 120 cm³/mol. The molecule has 3 aliphatic carbocycles. The van der Waals surface area contributed by atoms with Crippen LogP contribution in [0.15, 0.2) is 59.6 Å². The van der Waals surface area contributed by atoms with Crippen molar-refractivity contribution in [1.82, 2.24) is 4.98 Å². The SMILES string of the molecule is C[C@]12CCC3=CC4=C(CC(CO)CC4=O)O[C@H]3[C@@H]1CC(=O)[C@@H]2c1ccc2cnccc2c1. The van der Waals surface area contributed by atoms with Gasteiger partial charge in [0.05, 0.1) is 5.57 Å². The van der Waals surface area contributed by atoms with Crippen molar-refractivity contribution in [3.63, 3.8) is 0 Å². The van der Waals surface area contributed by atoms with Gasteiger partial charge >= 0.3 is 0 Å². The fourth-order valence-corrected chi connectivity index (χ4v) is 6.62. The molecule has 1 N–H and O–H groups in total. The van der Waals surface area contributed by atoms with E-state index < -0.39 is 0 Å². The summed E-state index contributed by atoms with van der Waals surface area (Å²) in [5.74, 6) is 0.929. The Morgan fingerprint density at radius 1 is 1.16 bits per heavy atom. The molecule has 0 radical (unpaired) electrons. The van der Waals surface area contributed by atoms with Gasteiger partial charge in [0.15, 0.2) is 5.78 Å². The number of hydrogen-bond donors (Lipinski definition) is 1. The van der Waals surface area contributed by atoms with E-state index in [4.69, 9.17) is 4.74 Å². The Balaban J connectivity index is 1.36. The van der Waals surface area contributed by atoms with Crippen molar-refractivity contribution in [2.45, 2.75) is 51.0 Å². The normalized spacial score (nSPS) is 34.0. The van der Waals surface area contributed by atoms with Gasteiger partial charge in [-0.15, -0.1) is 0 Å². The van der Waals surface area contributed by atoms with Gasteiger partial charge in [-0.25, -0.2) is 0 Å². The minimum Gasteiger partial charge on any atom is -0.489 e. The molecule has 1 aliphatic heterocycles. The second-order valence-corrected chi connectivity index (χ2v) is 10.2. The zero-order chi connectivity index (χ0) is 22.0. The van der Waals surface area contributed by atoms with Crippen LogP contribution in [0.25, 0.3) is 10.8 Å². The lowest BCUT2D eigenvalue weighted by molar-refractivity contribution is -0.120. The lowest BCUT2D eigenvalue weighted by atomic mass is 9.61. The minimum absolute atomic E-state index is 0.00763. The molecule has 0 amide bonds. The smallest absolute Gasteiger partial charge is 0.166 e. The molecule has 2 fully saturated rings. The van der Waals surface area contributed by atoms with Gasteiger partial charge < -0.3 is 9.84 Å². The predicted octanol–water partition coefficient (Wildman–Crippen LogP) is 4.26. The highest BCUT2D eigenvalue weighted by molar-refractivity contribution is 6.00. The number of ketones is 2. The summed E-state index contributed by atoms with van der Waals surface area (Å²) in [4.78, 5) is 30.2. The Morgan fingerprint density at radius 3 is 2.88 bits per heavy atom. The van der Waals surface area contributed by atoms with Crippen molar-refractivity contribution in [3.05, 3.63) is 65.2 Å². The van der Waals surface area contributed by atoms with Crippen LogP contribution in [0.1, 0.15) is 50.5 Å². The Morgan fingerprint density at radius 2 is 2.03 bits per heavy atom. The van der Waals surface area contributed by atoms with E-state index in [1.165, 1.54) is 0 Å². The minimum atomic E-state index is -0.188. The fraction of sp³-hybridized carbons (Fsp3) is 0.444. The first-order valence-corrected chi connectivity index (χ1v) is 11.6. The van der Waals surface area contributed by atoms with Crippen molar-refractivity contribution in [1.29, 1.82) is 0 Å². The number of allylic oxidation sites excluding steroid dienone is 3. The average molecular weight is 430 g/mol. The molecule has 0 spiro atoms. The third-order valence-electron chi connectivity index (χ3n) is 8.34. The third-order valence-corrected chi connectivity index (χ3v) is 8.34. The Kier molecular flexibility index (Phi) is 4.41. The first-order valence-electron chi connectivity index (χ1n) is 11.6. The van der Waals surface area contributed by atoms with Crippen LogP contribution in [0.3, 0.4) is 0 Å². The van der Waals surface area contributed by atoms with Gasteiger partial charge in [-0.05, 0) is 52.8 Å². The number of hydrogen-bond acceptors (Lipinski definition) is 5. The van der Waals surface area contributed by atoms with E-state index in [0.717, 1.165) is 34.8 Å². The number of rotatable bonds is 2. The molecule has 2 saturated carbocycles. The van der Waals surface area contributed by atoms with E-state index >= 15 is 0 Å². The van der Waals surface area contributed by atoms with Gasteiger partial charge in [0.2, 0.25) is 0 Å². The van der Waals surface area contributed by atoms with Crippen LogP contribution < -0.4 is 0 Å². The Labute approximate surface area is 187 Å². The Bertz CT molecular complexity index is 1210. The van der Waals surface area contributed by atoms with Crippen LogP contribution in [0.4, 0.5) is 0 Å². The lowest BCUT2D eigenvalue weighted by Crippen LogP contribution is -2.44. The lowest BCUT2D eigenvalue weighted by Gasteiger charge is -2.47. The van der Waals surface area contributed by atoms with Crippen LogP contribution >= 0.6 is 0 Å². The maximum atomic E-state index is 13.4. The second-order valence-electron chi connectivity index (χ2n) is 10.2. The highest BCUT2D eigenvalue weighted by atomic mass is 16.5. The van der Waals surface area contributed by atoms with Gasteiger partial charge in [-0.3, -0.25) is 14.6 Å². The number of fused-ring (bicyclic) bond motifs is 4. The summed E-state index contributed by atoms with van der Waals surface area (Å²) in [5, 5.41) is 11.8. The van der Waals surface area contributed by atoms with E-state index in [2.05, 4.69) is 30.1 Å². The standard InChI is InChI=1S/C27H27NO4/c1-27-6-4-18-11-20-22(30)8-15(14-29)9-24(20)32-26(18)21(27)12-23(31)25(27)17-2-3-19-13-28-7-5-16(19)10-17/h2-3,5,7,10-11,13,15,21,25-26,29H,4,6,8-9,12,14H2,1H3/t15?,21-,25-,26+,27-/m0/s1. The number of benzene rings is 1. The van der Waals surface area contributed by atoms with Crippen molar-refractivity contribution in [2.75, 3.05) is 6.61 Å². The topological polar surface area (TPSA) is 76.5 Å². The molecule has 1 aromatic carbocycles. The van der Waals surface area contributed by atoms with E-state index in [9.17, 15) is 14.7 Å². The van der Waals surface area contributed by atoms with Crippen molar-refractivity contribution >= 4 is 22.3 Å². The summed E-state index contributed by atoms with van der Waals surface area (Å²) in [6.45, 7) is 2.24. The molecule has 0 saturated heterocycles. The first-order chi connectivity index (χ1) is 15.5. The summed E-state index contributed by atoms with van der Waals surface area (Å²) in [7, 11) is 0. The molecule has 4 aliphatic rings. The molecule has 2 aromatic rings. The molecule has 6 rings (SSSR count). The molecule has 164 valence electrons. The van der Waals surface area contributed by atoms with E-state index in [-0.39, 0.29) is 47.4 Å². The summed E-state index contributed by atoms with van der Waals surface area (Å²) in [6.07, 6.45) is 8.75. The molecule has 0 bridgehead atoms. The summed E-state index contributed by atoms with van der Waals surface area (Å²) in [5.41, 5.74) is 2.73. The van der Waals surface area contributed by atoms with Crippen molar-refractivity contribution < 1.29 is 19.4 Å². The number of aliphatic hydroxyl groups is 1. The molecule has 2 heterocycles. The zero-order valence-electron chi connectivity index (χ0n) is 18.2. The van der Waals surface area contributed by atoms with Gasteiger partial charge in [0.1, 0.15) is 17.6 Å². The molecule has 5 atom stereocenters. The van der Waals surface area contributed by atoms with Crippen molar-refractivity contribution in [2.24, 2.45) is 17.3 Å². The molecule has 5 heteroatoms. The number of carbonyl (C=O) groups excluding carboxylic acids is 2. The third kappa shape index (κ3) is 2.83. The largest absolute Gasteiger partial charge is 0.489 e. The number of nitrogens with zero attached hydrogens (tertiary/aromatic N) is 1. The number of carbonyl (C=O) groups is 2. The quantitative estimate of drug-likeness (QED) is 0.772. The monoisotopic (exact) mass is 429 g/mol. The molecule has 1 unspecified atom stereocenters. The summed E-state index contributed by atoms with van der Waals surface area (Å²) < 4.78 is 6.50. The molecular formula is C27H27NO4. The highest BCUT2D eigenvalue weighted by Crippen LogP contribution is 2.60. The van der Waals surface area contributed by atoms with Gasteiger partial charge in [0.25, 0.3) is 0 Å². The summed E-state index contributed by atoms with van der Waals surface area (Å²) in [6, 6.07) is 8.29. The zero-order valence-corrected chi connectivity index (χ0v) is 18.2. The van der Waals surface area contributed by atoms with E-state index in [0.29, 0.717) is 30.6 Å². The average Bonchev–Trinajstić information content (AvgIpc) is 3.08. The van der Waals surface area contributed by atoms with Gasteiger partial charge in [-0.2, -0.15) is 0 Å². The van der Waals surface area contributed by atoms with Crippen LogP contribution in [-0.4, -0.2) is 34.4 Å². The van der Waals surface area contributed by atoms with Crippen LogP contribution in [0.5, 0.6) is 0 Å². The number of pyridine rings is 1. The van der Waals surface area contributed by atoms with Crippen LogP contribution in [0, 0.1) is 17.3 Å². The second kappa shape index (κ2) is 7.11. The number of Topliss-reactive ketones (excluding diaryl/α,β-unsaturated/α-hetero) is 2. The number of ether oxygens (including phenoxy) is 1. The van der Waals surface area contributed by atoms with Crippen molar-refractivity contribution in [3.8, 4) is 0 Å². The maximum Gasteiger partial charge on any atom is 0.166 e. The highest BCUT2D eigenvalue weighted by Gasteiger charge is 2.58. The number of aromatic nitrogens is 1. The van der Waals surface area contributed by atoms with Gasteiger partial charge in [0, 0.05) is 55.5 Å². The molecule has 5 nitrogen and oxygen atoms in total. The van der Waals surface area contributed by atoms with E-state index in [1.807, 2.05) is 18.3 Å². The maximum absolute atomic E-state index is 13.4. The van der Waals surface area contributed by atoms with E-state index in [1.54, 1.807) is 6.20 Å². The van der Waals surface area contributed by atoms with Crippen LogP contribution in [-0.2, 0) is 14.3 Å². The van der Waals surface area contributed by atoms with Gasteiger partial charge in [-0.1, -0.05) is 25.1 Å². The summed E-state index contributed by atoms with van der Waals surface area (Å²) >= 11 is 0.